The van der Waals surface area contributed by atoms with Gasteiger partial charge in [-0.3, -0.25) is 4.99 Å². The van der Waals surface area contributed by atoms with Crippen LogP contribution in [0.1, 0.15) is 61.0 Å². The zero-order chi connectivity index (χ0) is 20.3. The van der Waals surface area contributed by atoms with E-state index in [9.17, 15) is 0 Å². The molecule has 0 bridgehead atoms. The molecule has 0 saturated carbocycles. The second-order valence-corrected chi connectivity index (χ2v) is 9.10. The van der Waals surface area contributed by atoms with Crippen LogP contribution in [-0.2, 0) is 28.7 Å². The van der Waals surface area contributed by atoms with Gasteiger partial charge in [0.1, 0.15) is 0 Å². The van der Waals surface area contributed by atoms with Crippen LogP contribution in [0.5, 0.6) is 0 Å². The van der Waals surface area contributed by atoms with E-state index >= 15 is 0 Å². The van der Waals surface area contributed by atoms with Gasteiger partial charge in [0, 0.05) is 57.8 Å². The number of fused-ring (bicyclic) bond motifs is 1. The standard InChI is InChI=1S/C22H38N4O2S/c1-3-23-22(26-14-11-18(12-15-26)28-17-7-16-27-2)24-13-6-10-21-25-19-8-4-5-9-20(19)29-21/h18H,3-17H2,1-2H3,(H,23,24). The number of nitrogens with zero attached hydrogens (tertiary/aromatic N) is 3. The lowest BCUT2D eigenvalue weighted by Gasteiger charge is -2.34. The topological polar surface area (TPSA) is 59.0 Å². The SMILES string of the molecule is CCNC(=NCCCc1nc2c(s1)CCCC2)N1CCC(OCCCOC)CC1. The van der Waals surface area contributed by atoms with Gasteiger partial charge in [0.05, 0.1) is 16.8 Å². The number of hydrogen-bond donors (Lipinski definition) is 1. The number of guanidine groups is 1. The zero-order valence-corrected chi connectivity index (χ0v) is 19.1. The van der Waals surface area contributed by atoms with E-state index in [1.807, 2.05) is 11.3 Å². The molecule has 0 spiro atoms. The summed E-state index contributed by atoms with van der Waals surface area (Å²) >= 11 is 1.93. The van der Waals surface area contributed by atoms with Crippen molar-refractivity contribution in [1.82, 2.24) is 15.2 Å². The van der Waals surface area contributed by atoms with Crippen molar-refractivity contribution in [3.05, 3.63) is 15.6 Å². The Morgan fingerprint density at radius 1 is 1.21 bits per heavy atom. The highest BCUT2D eigenvalue weighted by Crippen LogP contribution is 2.27. The second kappa shape index (κ2) is 12.5. The maximum absolute atomic E-state index is 5.98. The molecule has 2 aliphatic rings. The Kier molecular flexibility index (Phi) is 9.70. The maximum Gasteiger partial charge on any atom is 0.193 e. The largest absolute Gasteiger partial charge is 0.385 e. The van der Waals surface area contributed by atoms with E-state index in [1.165, 1.54) is 41.3 Å². The number of aryl methyl sites for hydroxylation is 3. The summed E-state index contributed by atoms with van der Waals surface area (Å²) in [4.78, 5) is 13.7. The molecule has 6 nitrogen and oxygen atoms in total. The fourth-order valence-electron chi connectivity index (χ4n) is 4.04. The van der Waals surface area contributed by atoms with Crippen molar-refractivity contribution in [2.75, 3.05) is 46.5 Å². The molecular formula is C22H38N4O2S. The van der Waals surface area contributed by atoms with E-state index in [4.69, 9.17) is 19.5 Å². The number of ether oxygens (including phenoxy) is 2. The van der Waals surface area contributed by atoms with E-state index < -0.39 is 0 Å². The number of aliphatic imine (C=N–C) groups is 1. The Balaban J connectivity index is 1.40. The molecule has 0 unspecified atom stereocenters. The Hall–Kier alpha value is -1.18. The summed E-state index contributed by atoms with van der Waals surface area (Å²) in [6.45, 7) is 7.51. The van der Waals surface area contributed by atoms with Gasteiger partial charge in [-0.05, 0) is 58.3 Å². The van der Waals surface area contributed by atoms with Crippen molar-refractivity contribution in [1.29, 1.82) is 0 Å². The van der Waals surface area contributed by atoms with Crippen LogP contribution >= 0.6 is 11.3 Å². The van der Waals surface area contributed by atoms with Gasteiger partial charge in [0.25, 0.3) is 0 Å². The van der Waals surface area contributed by atoms with Gasteiger partial charge in [-0.15, -0.1) is 11.3 Å². The summed E-state index contributed by atoms with van der Waals surface area (Å²) in [5, 5.41) is 4.78. The molecule has 1 aromatic rings. The third-order valence-corrected chi connectivity index (χ3v) is 6.84. The highest BCUT2D eigenvalue weighted by molar-refractivity contribution is 7.11. The second-order valence-electron chi connectivity index (χ2n) is 7.93. The highest BCUT2D eigenvalue weighted by Gasteiger charge is 2.22. The van der Waals surface area contributed by atoms with Crippen molar-refractivity contribution in [3.8, 4) is 0 Å². The van der Waals surface area contributed by atoms with Gasteiger partial charge in [-0.2, -0.15) is 0 Å². The van der Waals surface area contributed by atoms with Crippen LogP contribution in [-0.4, -0.2) is 68.4 Å². The molecule has 0 aromatic carbocycles. The first-order valence-corrected chi connectivity index (χ1v) is 12.2. The molecule has 7 heteroatoms. The van der Waals surface area contributed by atoms with Crippen LogP contribution in [0.4, 0.5) is 0 Å². The van der Waals surface area contributed by atoms with E-state index in [-0.39, 0.29) is 0 Å². The third kappa shape index (κ3) is 7.23. The molecule has 3 rings (SSSR count). The van der Waals surface area contributed by atoms with E-state index in [0.29, 0.717) is 6.10 Å². The van der Waals surface area contributed by atoms with Crippen molar-refractivity contribution in [2.24, 2.45) is 4.99 Å². The predicted octanol–water partition coefficient (Wildman–Crippen LogP) is 3.44. The number of thiazole rings is 1. The number of hydrogen-bond acceptors (Lipinski definition) is 5. The monoisotopic (exact) mass is 422 g/mol. The van der Waals surface area contributed by atoms with Gasteiger partial charge < -0.3 is 19.7 Å². The number of piperidine rings is 1. The molecular weight excluding hydrogens is 384 g/mol. The van der Waals surface area contributed by atoms with E-state index in [0.717, 1.165) is 77.5 Å². The minimum Gasteiger partial charge on any atom is -0.385 e. The Bertz CT molecular complexity index is 603. The molecule has 2 heterocycles. The van der Waals surface area contributed by atoms with Gasteiger partial charge in [-0.25, -0.2) is 4.98 Å². The Morgan fingerprint density at radius 2 is 2.03 bits per heavy atom. The molecule has 164 valence electrons. The molecule has 1 aliphatic carbocycles. The fraction of sp³-hybridized carbons (Fsp3) is 0.818. The van der Waals surface area contributed by atoms with E-state index in [1.54, 1.807) is 7.11 Å². The molecule has 1 fully saturated rings. The van der Waals surface area contributed by atoms with Gasteiger partial charge in [0.2, 0.25) is 0 Å². The summed E-state index contributed by atoms with van der Waals surface area (Å²) < 4.78 is 11.1. The molecule has 0 atom stereocenters. The number of rotatable bonds is 10. The van der Waals surface area contributed by atoms with Gasteiger partial charge in [0.15, 0.2) is 5.96 Å². The highest BCUT2D eigenvalue weighted by atomic mass is 32.1. The summed E-state index contributed by atoms with van der Waals surface area (Å²) in [5.74, 6) is 1.06. The van der Waals surface area contributed by atoms with Crippen molar-refractivity contribution in [3.63, 3.8) is 0 Å². The fourth-order valence-corrected chi connectivity index (χ4v) is 5.24. The number of likely N-dealkylation sites (tertiary alicyclic amines) is 1. The molecule has 1 N–H and O–H groups in total. The van der Waals surface area contributed by atoms with Crippen molar-refractivity contribution < 1.29 is 9.47 Å². The normalized spacial score (nSPS) is 18.1. The minimum atomic E-state index is 0.377. The average Bonchev–Trinajstić information content (AvgIpc) is 3.17. The van der Waals surface area contributed by atoms with Crippen LogP contribution in [0.2, 0.25) is 0 Å². The molecule has 1 aromatic heterocycles. The molecule has 29 heavy (non-hydrogen) atoms. The summed E-state index contributed by atoms with van der Waals surface area (Å²) in [6.07, 6.45) is 10.7. The molecule has 0 radical (unpaired) electrons. The Labute approximate surface area is 180 Å². The van der Waals surface area contributed by atoms with Crippen molar-refractivity contribution >= 4 is 17.3 Å². The van der Waals surface area contributed by atoms with Crippen LogP contribution in [0, 0.1) is 0 Å². The summed E-state index contributed by atoms with van der Waals surface area (Å²) in [7, 11) is 1.74. The number of methoxy groups -OCH3 is 1. The summed E-state index contributed by atoms with van der Waals surface area (Å²) in [5.41, 5.74) is 1.38. The van der Waals surface area contributed by atoms with Gasteiger partial charge in [-0.1, -0.05) is 0 Å². The molecule has 0 amide bonds. The molecule has 1 saturated heterocycles. The number of nitrogens with one attached hydrogen (secondary N) is 1. The molecule has 1 aliphatic heterocycles. The predicted molar refractivity (Wildman–Crippen MR) is 120 cm³/mol. The maximum atomic E-state index is 5.98. The van der Waals surface area contributed by atoms with E-state index in [2.05, 4.69) is 17.1 Å². The number of aromatic nitrogens is 1. The van der Waals surface area contributed by atoms with Crippen LogP contribution < -0.4 is 5.32 Å². The van der Waals surface area contributed by atoms with Crippen LogP contribution in [0.25, 0.3) is 0 Å². The quantitative estimate of drug-likeness (QED) is 0.356. The Morgan fingerprint density at radius 3 is 2.79 bits per heavy atom. The first-order valence-electron chi connectivity index (χ1n) is 11.4. The van der Waals surface area contributed by atoms with Gasteiger partial charge >= 0.3 is 0 Å². The first-order chi connectivity index (χ1) is 14.3. The first kappa shape index (κ1) is 22.5. The zero-order valence-electron chi connectivity index (χ0n) is 18.3. The third-order valence-electron chi connectivity index (χ3n) is 5.62. The van der Waals surface area contributed by atoms with Crippen LogP contribution in [0.15, 0.2) is 4.99 Å². The van der Waals surface area contributed by atoms with Crippen LogP contribution in [0.3, 0.4) is 0 Å². The lowest BCUT2D eigenvalue weighted by molar-refractivity contribution is 0.00990. The lowest BCUT2D eigenvalue weighted by Crippen LogP contribution is -2.47. The average molecular weight is 423 g/mol. The minimum absolute atomic E-state index is 0.377. The smallest absolute Gasteiger partial charge is 0.193 e. The summed E-state index contributed by atoms with van der Waals surface area (Å²) in [6, 6.07) is 0. The van der Waals surface area contributed by atoms with Crippen molar-refractivity contribution in [2.45, 2.75) is 70.8 Å². The lowest BCUT2D eigenvalue weighted by atomic mass is 10.0.